The summed E-state index contributed by atoms with van der Waals surface area (Å²) in [7, 11) is -1.29. The van der Waals surface area contributed by atoms with Crippen molar-refractivity contribution in [1.29, 1.82) is 0 Å². The van der Waals surface area contributed by atoms with Crippen molar-refractivity contribution in [2.75, 3.05) is 12.9 Å². The van der Waals surface area contributed by atoms with E-state index in [2.05, 4.69) is 4.98 Å². The van der Waals surface area contributed by atoms with Crippen molar-refractivity contribution >= 4 is 17.0 Å². The summed E-state index contributed by atoms with van der Waals surface area (Å²) in [5.74, 6) is 0.180. The van der Waals surface area contributed by atoms with Gasteiger partial charge in [0.2, 0.25) is 0 Å². The number of aryl methyl sites for hydroxylation is 1. The summed E-state index contributed by atoms with van der Waals surface area (Å²) >= 11 is 0. The molecule has 6 heteroatoms. The number of rotatable bonds is 5. The van der Waals surface area contributed by atoms with Crippen LogP contribution in [-0.4, -0.2) is 32.0 Å². The minimum absolute atomic E-state index is 0.256. The van der Waals surface area contributed by atoms with Gasteiger partial charge in [0.15, 0.2) is 5.69 Å². The minimum atomic E-state index is -1.29. The third kappa shape index (κ3) is 2.69. The summed E-state index contributed by atoms with van der Waals surface area (Å²) in [5.41, 5.74) is 0.256. The Morgan fingerprint density at radius 1 is 1.56 bits per heavy atom. The maximum Gasteiger partial charge on any atom is 0.357 e. The van der Waals surface area contributed by atoms with Crippen LogP contribution in [0.4, 0.5) is 0 Å². The zero-order valence-electron chi connectivity index (χ0n) is 9.73. The normalized spacial score (nSPS) is 12.4. The summed E-state index contributed by atoms with van der Waals surface area (Å²) in [6.45, 7) is 4.03. The summed E-state index contributed by atoms with van der Waals surface area (Å²) < 4.78 is 17.9. The summed E-state index contributed by atoms with van der Waals surface area (Å²) in [5, 5.41) is 0. The zero-order valence-corrected chi connectivity index (χ0v) is 10.5. The Morgan fingerprint density at radius 3 is 2.75 bits per heavy atom. The average molecular weight is 244 g/mol. The molecular formula is C10H16N2O3S. The molecule has 0 spiro atoms. The number of esters is 1. The number of hydrogen-bond acceptors (Lipinski definition) is 4. The van der Waals surface area contributed by atoms with Gasteiger partial charge in [0.1, 0.15) is 16.8 Å². The van der Waals surface area contributed by atoms with Gasteiger partial charge in [-0.2, -0.15) is 0 Å². The standard InChI is InChI=1S/C10H16N2O3S/c1-4-6-9-11-7-8(10(13)15-5-2)12(9)16(3)14/h7H,4-6H2,1-3H3. The van der Waals surface area contributed by atoms with Gasteiger partial charge in [-0.25, -0.2) is 18.0 Å². The molecule has 0 saturated heterocycles. The van der Waals surface area contributed by atoms with Gasteiger partial charge in [-0.1, -0.05) is 6.92 Å². The predicted molar refractivity (Wildman–Crippen MR) is 61.6 cm³/mol. The number of nitrogens with zero attached hydrogens (tertiary/aromatic N) is 2. The molecule has 1 unspecified atom stereocenters. The number of carbonyl (C=O) groups is 1. The molecule has 1 rings (SSSR count). The van der Waals surface area contributed by atoms with Crippen LogP contribution >= 0.6 is 0 Å². The van der Waals surface area contributed by atoms with Crippen molar-refractivity contribution in [3.05, 3.63) is 17.7 Å². The highest BCUT2D eigenvalue weighted by atomic mass is 32.2. The highest BCUT2D eigenvalue weighted by molar-refractivity contribution is 7.82. The lowest BCUT2D eigenvalue weighted by Crippen LogP contribution is -2.16. The monoisotopic (exact) mass is 244 g/mol. The topological polar surface area (TPSA) is 61.2 Å². The molecule has 1 aromatic rings. The molecule has 0 amide bonds. The van der Waals surface area contributed by atoms with Crippen LogP contribution in [0.3, 0.4) is 0 Å². The lowest BCUT2D eigenvalue weighted by Gasteiger charge is -2.06. The van der Waals surface area contributed by atoms with Crippen LogP contribution in [0.1, 0.15) is 36.6 Å². The highest BCUT2D eigenvalue weighted by Gasteiger charge is 2.19. The van der Waals surface area contributed by atoms with Crippen molar-refractivity contribution in [3.8, 4) is 0 Å². The van der Waals surface area contributed by atoms with Crippen LogP contribution in [0.15, 0.2) is 6.20 Å². The third-order valence-corrected chi connectivity index (χ3v) is 2.93. The molecule has 0 N–H and O–H groups in total. The number of aromatic nitrogens is 2. The largest absolute Gasteiger partial charge is 0.461 e. The quantitative estimate of drug-likeness (QED) is 0.729. The number of carbonyl (C=O) groups excluding carboxylic acids is 1. The van der Waals surface area contributed by atoms with E-state index in [1.54, 1.807) is 6.92 Å². The van der Waals surface area contributed by atoms with E-state index in [-0.39, 0.29) is 5.69 Å². The van der Waals surface area contributed by atoms with Crippen LogP contribution in [0.25, 0.3) is 0 Å². The van der Waals surface area contributed by atoms with Crippen molar-refractivity contribution < 1.29 is 13.7 Å². The number of hydrogen-bond donors (Lipinski definition) is 0. The van der Waals surface area contributed by atoms with Crippen molar-refractivity contribution in [2.45, 2.75) is 26.7 Å². The second-order valence-corrected chi connectivity index (χ2v) is 4.46. The minimum Gasteiger partial charge on any atom is -0.461 e. The van der Waals surface area contributed by atoms with Crippen LogP contribution in [0.2, 0.25) is 0 Å². The maximum atomic E-state index is 11.6. The predicted octanol–water partition coefficient (Wildman–Crippen LogP) is 1.15. The zero-order chi connectivity index (χ0) is 12.1. The maximum absolute atomic E-state index is 11.6. The van der Waals surface area contributed by atoms with Gasteiger partial charge < -0.3 is 4.74 Å². The van der Waals surface area contributed by atoms with Crippen molar-refractivity contribution in [2.24, 2.45) is 0 Å². The van der Waals surface area contributed by atoms with E-state index < -0.39 is 17.0 Å². The van der Waals surface area contributed by atoms with Crippen LogP contribution in [0, 0.1) is 0 Å². The van der Waals surface area contributed by atoms with Crippen LogP contribution < -0.4 is 0 Å². The molecule has 1 aromatic heterocycles. The Morgan fingerprint density at radius 2 is 2.25 bits per heavy atom. The number of ether oxygens (including phenoxy) is 1. The van der Waals surface area contributed by atoms with E-state index in [0.29, 0.717) is 18.9 Å². The summed E-state index contributed by atoms with van der Waals surface area (Å²) in [6.07, 6.45) is 4.52. The molecule has 0 bridgehead atoms. The van der Waals surface area contributed by atoms with Gasteiger partial charge in [-0.05, 0) is 13.3 Å². The number of imidazole rings is 1. The van der Waals surface area contributed by atoms with Gasteiger partial charge in [-0.15, -0.1) is 0 Å². The first-order valence-electron chi connectivity index (χ1n) is 5.19. The molecule has 1 atom stereocenters. The second kappa shape index (κ2) is 5.79. The molecule has 90 valence electrons. The van der Waals surface area contributed by atoms with Gasteiger partial charge in [0.05, 0.1) is 12.8 Å². The Labute approximate surface area is 97.4 Å². The highest BCUT2D eigenvalue weighted by Crippen LogP contribution is 2.10. The molecule has 5 nitrogen and oxygen atoms in total. The van der Waals surface area contributed by atoms with E-state index in [9.17, 15) is 9.00 Å². The van der Waals surface area contributed by atoms with Crippen LogP contribution in [0.5, 0.6) is 0 Å². The van der Waals surface area contributed by atoms with Gasteiger partial charge in [-0.3, -0.25) is 0 Å². The fraction of sp³-hybridized carbons (Fsp3) is 0.600. The molecule has 0 aliphatic heterocycles. The molecule has 1 heterocycles. The van der Waals surface area contributed by atoms with Gasteiger partial charge in [0.25, 0.3) is 0 Å². The fourth-order valence-corrected chi connectivity index (χ4v) is 2.23. The molecule has 0 aromatic carbocycles. The van der Waals surface area contributed by atoms with E-state index in [0.717, 1.165) is 6.42 Å². The van der Waals surface area contributed by atoms with E-state index in [1.807, 2.05) is 6.92 Å². The Bertz CT molecular complexity index is 401. The van der Waals surface area contributed by atoms with E-state index in [4.69, 9.17) is 4.74 Å². The molecule has 0 aliphatic carbocycles. The smallest absolute Gasteiger partial charge is 0.357 e. The first-order valence-corrected chi connectivity index (χ1v) is 6.70. The Balaban J connectivity index is 3.09. The van der Waals surface area contributed by atoms with Crippen LogP contribution in [-0.2, 0) is 22.1 Å². The second-order valence-electron chi connectivity index (χ2n) is 3.25. The Kier molecular flexibility index (Phi) is 4.67. The first-order chi connectivity index (χ1) is 7.61. The molecule has 0 radical (unpaired) electrons. The molecule has 0 fully saturated rings. The average Bonchev–Trinajstić information content (AvgIpc) is 2.62. The van der Waals surface area contributed by atoms with Crippen molar-refractivity contribution in [3.63, 3.8) is 0 Å². The Hall–Kier alpha value is -1.17. The third-order valence-electron chi connectivity index (χ3n) is 2.00. The van der Waals surface area contributed by atoms with E-state index >= 15 is 0 Å². The lowest BCUT2D eigenvalue weighted by atomic mass is 10.3. The lowest BCUT2D eigenvalue weighted by molar-refractivity contribution is 0.0518. The van der Waals surface area contributed by atoms with Gasteiger partial charge >= 0.3 is 5.97 Å². The van der Waals surface area contributed by atoms with Gasteiger partial charge in [0, 0.05) is 12.7 Å². The summed E-state index contributed by atoms with van der Waals surface area (Å²) in [4.78, 5) is 15.7. The fourth-order valence-electron chi connectivity index (χ4n) is 1.40. The molecular weight excluding hydrogens is 228 g/mol. The SMILES string of the molecule is CCCc1ncc(C(=O)OCC)n1S(C)=O. The molecule has 16 heavy (non-hydrogen) atoms. The summed E-state index contributed by atoms with van der Waals surface area (Å²) in [6, 6.07) is 0. The molecule has 0 saturated carbocycles. The van der Waals surface area contributed by atoms with Crippen molar-refractivity contribution in [1.82, 2.24) is 8.96 Å². The van der Waals surface area contributed by atoms with E-state index in [1.165, 1.54) is 16.4 Å². The molecule has 0 aliphatic rings. The first kappa shape index (κ1) is 12.9.